The highest BCUT2D eigenvalue weighted by atomic mass is 15.2. The van der Waals surface area contributed by atoms with Gasteiger partial charge in [0.25, 0.3) is 0 Å². The number of benzene rings is 1. The van der Waals surface area contributed by atoms with Crippen LogP contribution in [0.4, 0.5) is 0 Å². The van der Waals surface area contributed by atoms with Crippen LogP contribution in [0.3, 0.4) is 0 Å². The van der Waals surface area contributed by atoms with Crippen molar-refractivity contribution in [3.63, 3.8) is 0 Å². The minimum Gasteiger partial charge on any atom is -0.374 e. The van der Waals surface area contributed by atoms with E-state index < -0.39 is 0 Å². The molecule has 2 nitrogen and oxygen atoms in total. The summed E-state index contributed by atoms with van der Waals surface area (Å²) in [4.78, 5) is 2.05. The first-order chi connectivity index (χ1) is 11.6. The van der Waals surface area contributed by atoms with E-state index >= 15 is 0 Å². The van der Waals surface area contributed by atoms with Gasteiger partial charge in [0.2, 0.25) is 0 Å². The molecule has 0 saturated carbocycles. The second kappa shape index (κ2) is 6.84. The van der Waals surface area contributed by atoms with Gasteiger partial charge in [0.15, 0.2) is 0 Å². The number of aryl methyl sites for hydroxylation is 2. The molecule has 1 aromatic rings. The van der Waals surface area contributed by atoms with Crippen LogP contribution in [0.2, 0.25) is 0 Å². The van der Waals surface area contributed by atoms with Crippen molar-refractivity contribution in [1.82, 2.24) is 10.2 Å². The lowest BCUT2D eigenvalue weighted by molar-refractivity contribution is 0.546. The molecule has 1 aromatic carbocycles. The maximum Gasteiger partial charge on any atom is 0.113 e. The van der Waals surface area contributed by atoms with Gasteiger partial charge >= 0.3 is 0 Å². The maximum atomic E-state index is 5.48. The molecule has 0 unspecified atom stereocenters. The van der Waals surface area contributed by atoms with Crippen molar-refractivity contribution in [1.29, 1.82) is 0 Å². The third-order valence-electron chi connectivity index (χ3n) is 4.82. The normalized spacial score (nSPS) is 17.6. The van der Waals surface area contributed by atoms with Crippen LogP contribution in [0, 0.1) is 12.3 Å². The van der Waals surface area contributed by atoms with E-state index in [0.717, 1.165) is 17.1 Å². The lowest BCUT2D eigenvalue weighted by atomic mass is 9.89. The number of hydrogen-bond donors (Lipinski definition) is 1. The van der Waals surface area contributed by atoms with E-state index in [1.54, 1.807) is 0 Å². The first kappa shape index (κ1) is 16.2. The average Bonchev–Trinajstić information content (AvgIpc) is 2.63. The summed E-state index contributed by atoms with van der Waals surface area (Å²) in [6, 6.07) is 6.87. The number of rotatable bonds is 3. The molecule has 1 N–H and O–H groups in total. The lowest BCUT2D eigenvalue weighted by Crippen LogP contribution is -2.26. The predicted octanol–water partition coefficient (Wildman–Crippen LogP) is 4.38. The van der Waals surface area contributed by atoms with Crippen LogP contribution >= 0.6 is 0 Å². The second-order valence-corrected chi connectivity index (χ2v) is 6.34. The molecule has 122 valence electrons. The zero-order valence-corrected chi connectivity index (χ0v) is 14.5. The van der Waals surface area contributed by atoms with Gasteiger partial charge in [0.05, 0.1) is 0 Å². The molecule has 0 amide bonds. The van der Waals surface area contributed by atoms with Crippen LogP contribution in [-0.4, -0.2) is 11.9 Å². The minimum absolute atomic E-state index is 0.845. The smallest absolute Gasteiger partial charge is 0.113 e. The number of fused-ring (bicyclic) bond motifs is 1. The standard InChI is InChI=1S/C22H24N2/c1-5-18-12-13-24(16(2)14-18)22(23-4)17(3)20-11-10-19-8-6-7-9-21(19)15-20/h1,10-15,23H,2,6-9H2,3-4H3/b22-17+. The van der Waals surface area contributed by atoms with Gasteiger partial charge in [-0.3, -0.25) is 0 Å². The van der Waals surface area contributed by atoms with Crippen LogP contribution in [0.1, 0.15) is 36.5 Å². The predicted molar refractivity (Wildman–Crippen MR) is 102 cm³/mol. The Morgan fingerprint density at radius 3 is 2.67 bits per heavy atom. The first-order valence-electron chi connectivity index (χ1n) is 8.49. The summed E-state index contributed by atoms with van der Waals surface area (Å²) >= 11 is 0. The van der Waals surface area contributed by atoms with E-state index in [1.165, 1.54) is 47.9 Å². The van der Waals surface area contributed by atoms with E-state index in [9.17, 15) is 0 Å². The van der Waals surface area contributed by atoms with E-state index in [2.05, 4.69) is 47.8 Å². The summed E-state index contributed by atoms with van der Waals surface area (Å²) in [5, 5.41) is 3.33. The number of allylic oxidation sites excluding steroid dienone is 4. The first-order valence-corrected chi connectivity index (χ1v) is 8.49. The zero-order chi connectivity index (χ0) is 17.1. The Bertz CT molecular complexity index is 800. The molecule has 1 aliphatic carbocycles. The number of nitrogens with zero attached hydrogens (tertiary/aromatic N) is 1. The molecule has 0 spiro atoms. The molecule has 0 bridgehead atoms. The van der Waals surface area contributed by atoms with Crippen LogP contribution < -0.4 is 5.32 Å². The van der Waals surface area contributed by atoms with E-state index in [-0.39, 0.29) is 0 Å². The molecule has 0 aromatic heterocycles. The van der Waals surface area contributed by atoms with Gasteiger partial charge in [0.1, 0.15) is 5.82 Å². The SMILES string of the molecule is C#CC1=CC(=C)N(/C(NC)=C(\C)c2ccc3c(c2)CCCC3)C=C1. The van der Waals surface area contributed by atoms with E-state index in [0.29, 0.717) is 0 Å². The van der Waals surface area contributed by atoms with Crippen LogP contribution in [0.25, 0.3) is 5.57 Å². The van der Waals surface area contributed by atoms with Gasteiger partial charge in [-0.2, -0.15) is 0 Å². The number of nitrogens with one attached hydrogen (secondary N) is 1. The van der Waals surface area contributed by atoms with Crippen molar-refractivity contribution in [3.8, 4) is 12.3 Å². The summed E-state index contributed by atoms with van der Waals surface area (Å²) < 4.78 is 0. The Kier molecular flexibility index (Phi) is 4.62. The monoisotopic (exact) mass is 316 g/mol. The third kappa shape index (κ3) is 3.03. The summed E-state index contributed by atoms with van der Waals surface area (Å²) in [5.74, 6) is 3.68. The lowest BCUT2D eigenvalue weighted by Gasteiger charge is -2.28. The highest BCUT2D eigenvalue weighted by Gasteiger charge is 2.17. The molecule has 24 heavy (non-hydrogen) atoms. The fraction of sp³-hybridized carbons (Fsp3) is 0.273. The van der Waals surface area contributed by atoms with Gasteiger partial charge in [0, 0.05) is 24.5 Å². The van der Waals surface area contributed by atoms with Crippen molar-refractivity contribution < 1.29 is 0 Å². The molecule has 0 fully saturated rings. The fourth-order valence-electron chi connectivity index (χ4n) is 3.45. The van der Waals surface area contributed by atoms with Crippen LogP contribution in [0.5, 0.6) is 0 Å². The van der Waals surface area contributed by atoms with Crippen molar-refractivity contribution in [2.24, 2.45) is 0 Å². The van der Waals surface area contributed by atoms with Crippen molar-refractivity contribution in [2.75, 3.05) is 7.05 Å². The summed E-state index contributed by atoms with van der Waals surface area (Å²) in [6.07, 6.45) is 16.3. The van der Waals surface area contributed by atoms with Crippen molar-refractivity contribution >= 4 is 5.57 Å². The summed E-state index contributed by atoms with van der Waals surface area (Å²) in [5.41, 5.74) is 7.18. The molecule has 2 heteroatoms. The van der Waals surface area contributed by atoms with Crippen LogP contribution in [0.15, 0.2) is 60.2 Å². The van der Waals surface area contributed by atoms with Gasteiger partial charge in [-0.15, -0.1) is 6.42 Å². The van der Waals surface area contributed by atoms with Gasteiger partial charge < -0.3 is 10.2 Å². The van der Waals surface area contributed by atoms with Crippen LogP contribution in [-0.2, 0) is 12.8 Å². The number of terminal acetylenes is 1. The van der Waals surface area contributed by atoms with Crippen molar-refractivity contribution in [2.45, 2.75) is 32.6 Å². The maximum absolute atomic E-state index is 5.48. The topological polar surface area (TPSA) is 15.3 Å². The Morgan fingerprint density at radius 1 is 1.25 bits per heavy atom. The minimum atomic E-state index is 0.845. The number of hydrogen-bond acceptors (Lipinski definition) is 2. The van der Waals surface area contributed by atoms with Crippen molar-refractivity contribution in [3.05, 3.63) is 76.9 Å². The third-order valence-corrected chi connectivity index (χ3v) is 4.82. The molecular weight excluding hydrogens is 292 g/mol. The Balaban J connectivity index is 1.97. The molecule has 1 heterocycles. The van der Waals surface area contributed by atoms with Gasteiger partial charge in [-0.1, -0.05) is 30.7 Å². The summed E-state index contributed by atoms with van der Waals surface area (Å²) in [6.45, 7) is 6.29. The van der Waals surface area contributed by atoms with Gasteiger partial charge in [-0.25, -0.2) is 0 Å². The van der Waals surface area contributed by atoms with E-state index in [1.807, 2.05) is 25.4 Å². The summed E-state index contributed by atoms with van der Waals surface area (Å²) in [7, 11) is 1.94. The Morgan fingerprint density at radius 2 is 2.00 bits per heavy atom. The molecule has 0 atom stereocenters. The molecule has 0 saturated heterocycles. The second-order valence-electron chi connectivity index (χ2n) is 6.34. The Labute approximate surface area is 145 Å². The highest BCUT2D eigenvalue weighted by Crippen LogP contribution is 2.29. The fourth-order valence-corrected chi connectivity index (χ4v) is 3.45. The quantitative estimate of drug-likeness (QED) is 0.833. The highest BCUT2D eigenvalue weighted by molar-refractivity contribution is 5.68. The molecule has 1 aliphatic heterocycles. The zero-order valence-electron chi connectivity index (χ0n) is 14.5. The molecular formula is C22H24N2. The Hall–Kier alpha value is -2.66. The molecule has 0 radical (unpaired) electrons. The van der Waals surface area contributed by atoms with E-state index in [4.69, 9.17) is 6.42 Å². The molecule has 2 aliphatic rings. The van der Waals surface area contributed by atoms with Gasteiger partial charge in [-0.05, 0) is 67.0 Å². The largest absolute Gasteiger partial charge is 0.374 e. The molecule has 3 rings (SSSR count). The average molecular weight is 316 g/mol.